The Balaban J connectivity index is 2.28. The molecule has 1 saturated heterocycles. The lowest BCUT2D eigenvalue weighted by molar-refractivity contribution is 0.139. The number of benzene rings is 1. The molecule has 1 atom stereocenters. The number of carboxylic acid groups (broad SMARTS) is 1. The van der Waals surface area contributed by atoms with Gasteiger partial charge in [-0.15, -0.1) is 11.6 Å². The van der Waals surface area contributed by atoms with E-state index < -0.39 is 11.9 Å². The molecule has 0 bridgehead atoms. The number of hydrogen-bond acceptors (Lipinski definition) is 2. The Bertz CT molecular complexity index is 516. The molecule has 21 heavy (non-hydrogen) atoms. The van der Waals surface area contributed by atoms with Crippen molar-refractivity contribution < 1.29 is 14.3 Å². The van der Waals surface area contributed by atoms with E-state index >= 15 is 0 Å². The normalized spacial score (nSPS) is 18.0. The van der Waals surface area contributed by atoms with Crippen molar-refractivity contribution in [2.24, 2.45) is 0 Å². The minimum Gasteiger partial charge on any atom is -0.465 e. The predicted octanol–water partition coefficient (Wildman–Crippen LogP) is 4.01. The molecule has 1 fully saturated rings. The minimum atomic E-state index is -0.943. The third-order valence-electron chi connectivity index (χ3n) is 3.59. The van der Waals surface area contributed by atoms with E-state index in [1.807, 2.05) is 4.90 Å². The Morgan fingerprint density at radius 3 is 2.90 bits per heavy atom. The summed E-state index contributed by atoms with van der Waals surface area (Å²) in [5.41, 5.74) is 0.713. The van der Waals surface area contributed by atoms with Gasteiger partial charge in [0.2, 0.25) is 0 Å². The summed E-state index contributed by atoms with van der Waals surface area (Å²) >= 11 is 11.6. The van der Waals surface area contributed by atoms with Gasteiger partial charge in [0.15, 0.2) is 0 Å². The highest BCUT2D eigenvalue weighted by molar-refractivity contribution is 6.31. The number of carbonyl (C=O) groups is 1. The highest BCUT2D eigenvalue weighted by atomic mass is 35.5. The number of halogens is 3. The molecule has 116 valence electrons. The second kappa shape index (κ2) is 7.18. The van der Waals surface area contributed by atoms with Gasteiger partial charge in [-0.3, -0.25) is 4.90 Å². The molecule has 0 aromatic heterocycles. The van der Waals surface area contributed by atoms with Crippen LogP contribution in [0, 0.1) is 5.82 Å². The quantitative estimate of drug-likeness (QED) is 0.827. The smallest absolute Gasteiger partial charge is 0.408 e. The van der Waals surface area contributed by atoms with Crippen molar-refractivity contribution in [1.29, 1.82) is 0 Å². The average Bonchev–Trinajstić information content (AvgIpc) is 2.92. The molecule has 1 aliphatic rings. The van der Waals surface area contributed by atoms with Crippen molar-refractivity contribution >= 4 is 35.0 Å². The van der Waals surface area contributed by atoms with Crippen molar-refractivity contribution in [1.82, 2.24) is 4.90 Å². The summed E-state index contributed by atoms with van der Waals surface area (Å²) < 4.78 is 13.3. The molecule has 0 radical (unpaired) electrons. The van der Waals surface area contributed by atoms with Crippen LogP contribution in [0.5, 0.6) is 0 Å². The van der Waals surface area contributed by atoms with Gasteiger partial charge < -0.3 is 10.0 Å². The van der Waals surface area contributed by atoms with Gasteiger partial charge in [-0.1, -0.05) is 11.6 Å². The van der Waals surface area contributed by atoms with Gasteiger partial charge >= 0.3 is 6.09 Å². The Hall–Kier alpha value is -1.20. The molecule has 0 unspecified atom stereocenters. The third kappa shape index (κ3) is 3.71. The molecule has 1 aromatic rings. The largest absolute Gasteiger partial charge is 0.465 e. The van der Waals surface area contributed by atoms with Crippen LogP contribution in [-0.2, 0) is 0 Å². The van der Waals surface area contributed by atoms with Crippen molar-refractivity contribution in [2.45, 2.75) is 25.4 Å². The summed E-state index contributed by atoms with van der Waals surface area (Å²) in [5.74, 6) is -0.00943. The van der Waals surface area contributed by atoms with Gasteiger partial charge in [0.25, 0.3) is 0 Å². The first kappa shape index (κ1) is 16.2. The lowest BCUT2D eigenvalue weighted by Gasteiger charge is -2.35. The first-order valence-corrected chi connectivity index (χ1v) is 7.73. The summed E-state index contributed by atoms with van der Waals surface area (Å²) in [7, 11) is 0. The van der Waals surface area contributed by atoms with Crippen LogP contribution < -0.4 is 4.90 Å². The fourth-order valence-corrected chi connectivity index (χ4v) is 2.93. The molecule has 1 heterocycles. The van der Waals surface area contributed by atoms with Gasteiger partial charge in [0, 0.05) is 24.7 Å². The molecular formula is C14H17Cl2FN2O2. The van der Waals surface area contributed by atoms with Crippen LogP contribution in [0.4, 0.5) is 14.9 Å². The molecule has 1 amide bonds. The molecule has 1 aliphatic heterocycles. The molecule has 1 aromatic carbocycles. The minimum absolute atomic E-state index is 0.0308. The maximum atomic E-state index is 13.3. The van der Waals surface area contributed by atoms with Gasteiger partial charge in [0.05, 0.1) is 5.02 Å². The lowest BCUT2D eigenvalue weighted by atomic mass is 10.2. The molecular weight excluding hydrogens is 318 g/mol. The molecule has 4 nitrogen and oxygen atoms in total. The Kier molecular flexibility index (Phi) is 5.53. The highest BCUT2D eigenvalue weighted by Crippen LogP contribution is 2.29. The summed E-state index contributed by atoms with van der Waals surface area (Å²) in [6.45, 7) is 1.10. The molecule has 2 rings (SSSR count). The topological polar surface area (TPSA) is 43.8 Å². The van der Waals surface area contributed by atoms with E-state index in [1.165, 1.54) is 17.0 Å². The van der Waals surface area contributed by atoms with Crippen molar-refractivity contribution in [2.75, 3.05) is 23.9 Å². The van der Waals surface area contributed by atoms with E-state index in [9.17, 15) is 14.3 Å². The number of likely N-dealkylation sites (tertiary alicyclic amines) is 1. The standard InChI is InChI=1S/C14H17Cl2FN2O2/c15-6-2-8-18(10-4-5-12(17)11(16)9-10)13-3-1-7-19(13)14(20)21/h4-5,9,13H,1-3,6-8H2,(H,20,21)/t13-/m0/s1. The van der Waals surface area contributed by atoms with Crippen LogP contribution in [0.1, 0.15) is 19.3 Å². The van der Waals surface area contributed by atoms with E-state index in [1.54, 1.807) is 6.07 Å². The van der Waals surface area contributed by atoms with Crippen LogP contribution in [0.15, 0.2) is 18.2 Å². The number of hydrogen-bond donors (Lipinski definition) is 1. The number of alkyl halides is 1. The number of rotatable bonds is 5. The Labute approximate surface area is 133 Å². The first-order valence-electron chi connectivity index (χ1n) is 6.82. The van der Waals surface area contributed by atoms with Crippen LogP contribution in [0.2, 0.25) is 5.02 Å². The van der Waals surface area contributed by atoms with Crippen molar-refractivity contribution in [3.05, 3.63) is 29.0 Å². The maximum absolute atomic E-state index is 13.3. The highest BCUT2D eigenvalue weighted by Gasteiger charge is 2.33. The Morgan fingerprint density at radius 2 is 2.29 bits per heavy atom. The summed E-state index contributed by atoms with van der Waals surface area (Å²) in [5, 5.41) is 9.32. The number of amides is 1. The number of nitrogens with zero attached hydrogens (tertiary/aromatic N) is 2. The fraction of sp³-hybridized carbons (Fsp3) is 0.500. The van der Waals surface area contributed by atoms with Crippen molar-refractivity contribution in [3.8, 4) is 0 Å². The lowest BCUT2D eigenvalue weighted by Crippen LogP contribution is -2.47. The monoisotopic (exact) mass is 334 g/mol. The van der Waals surface area contributed by atoms with E-state index in [-0.39, 0.29) is 11.2 Å². The molecule has 1 N–H and O–H groups in total. The number of anilines is 1. The molecule has 0 saturated carbocycles. The van der Waals surface area contributed by atoms with Gasteiger partial charge in [-0.2, -0.15) is 0 Å². The van der Waals surface area contributed by atoms with Gasteiger partial charge in [-0.05, 0) is 37.5 Å². The van der Waals surface area contributed by atoms with Gasteiger partial charge in [-0.25, -0.2) is 9.18 Å². The first-order chi connectivity index (χ1) is 10.0. The van der Waals surface area contributed by atoms with Crippen molar-refractivity contribution in [3.63, 3.8) is 0 Å². The fourth-order valence-electron chi connectivity index (χ4n) is 2.64. The zero-order valence-corrected chi connectivity index (χ0v) is 12.9. The zero-order valence-electron chi connectivity index (χ0n) is 11.4. The van der Waals surface area contributed by atoms with Gasteiger partial charge in [0.1, 0.15) is 12.0 Å². The maximum Gasteiger partial charge on any atom is 0.408 e. The zero-order chi connectivity index (χ0) is 15.4. The van der Waals surface area contributed by atoms with Crippen LogP contribution in [0.25, 0.3) is 0 Å². The SMILES string of the molecule is O=C(O)N1CCC[C@H]1N(CCCCl)c1ccc(F)c(Cl)c1. The van der Waals surface area contributed by atoms with E-state index in [0.717, 1.165) is 12.8 Å². The molecule has 0 spiro atoms. The molecule has 0 aliphatic carbocycles. The van der Waals surface area contributed by atoms with E-state index in [4.69, 9.17) is 23.2 Å². The Morgan fingerprint density at radius 1 is 1.52 bits per heavy atom. The second-order valence-electron chi connectivity index (χ2n) is 4.93. The summed E-state index contributed by atoms with van der Waals surface area (Å²) in [4.78, 5) is 14.7. The van der Waals surface area contributed by atoms with Crippen LogP contribution in [-0.4, -0.2) is 41.2 Å². The van der Waals surface area contributed by atoms with E-state index in [2.05, 4.69) is 0 Å². The van der Waals surface area contributed by atoms with Crippen LogP contribution >= 0.6 is 23.2 Å². The second-order valence-corrected chi connectivity index (χ2v) is 5.72. The van der Waals surface area contributed by atoms with E-state index in [0.29, 0.717) is 31.1 Å². The third-order valence-corrected chi connectivity index (χ3v) is 4.15. The predicted molar refractivity (Wildman–Crippen MR) is 81.8 cm³/mol. The molecule has 7 heteroatoms. The summed E-state index contributed by atoms with van der Waals surface area (Å²) in [6.07, 6.45) is 1.06. The van der Waals surface area contributed by atoms with Crippen LogP contribution in [0.3, 0.4) is 0 Å². The average molecular weight is 335 g/mol. The summed E-state index contributed by atoms with van der Waals surface area (Å²) in [6, 6.07) is 4.45.